The summed E-state index contributed by atoms with van der Waals surface area (Å²) in [6.07, 6.45) is 0. The van der Waals surface area contributed by atoms with Crippen molar-refractivity contribution in [1.29, 1.82) is 0 Å². The summed E-state index contributed by atoms with van der Waals surface area (Å²) in [6.45, 7) is 3.52. The van der Waals surface area contributed by atoms with Gasteiger partial charge in [0.15, 0.2) is 0 Å². The normalized spacial score (nSPS) is 10.5. The second-order valence-electron chi connectivity index (χ2n) is 6.24. The van der Waals surface area contributed by atoms with Crippen LogP contribution in [-0.2, 0) is 24.5 Å². The lowest BCUT2D eigenvalue weighted by atomic mass is 10.1. The fourth-order valence-corrected chi connectivity index (χ4v) is 2.82. The largest absolute Gasteiger partial charge is 0.372 e. The minimum Gasteiger partial charge on any atom is -0.372 e. The molecule has 26 heavy (non-hydrogen) atoms. The van der Waals surface area contributed by atoms with E-state index in [1.165, 1.54) is 0 Å². The summed E-state index contributed by atoms with van der Waals surface area (Å²) in [7, 11) is 0. The van der Waals surface area contributed by atoms with E-state index in [1.54, 1.807) is 0 Å². The minimum absolute atomic E-state index is 0.0527. The summed E-state index contributed by atoms with van der Waals surface area (Å²) < 4.78 is 5.84. The number of benzene rings is 3. The summed E-state index contributed by atoms with van der Waals surface area (Å²) >= 11 is 0. The number of hydrogen-bond donors (Lipinski definition) is 1. The molecule has 0 bridgehead atoms. The first-order valence-electron chi connectivity index (χ1n) is 8.76. The van der Waals surface area contributed by atoms with Gasteiger partial charge in [0.05, 0.1) is 13.2 Å². The van der Waals surface area contributed by atoms with Gasteiger partial charge in [0.1, 0.15) is 0 Å². The topological polar surface area (TPSA) is 38.3 Å². The number of hydrogen-bond acceptors (Lipinski definition) is 2. The molecular weight excluding hydrogens is 322 g/mol. The fraction of sp³-hybridized carbons (Fsp3) is 0.174. The number of nitrogens with one attached hydrogen (secondary N) is 1. The molecule has 3 rings (SSSR count). The Kier molecular flexibility index (Phi) is 6.18. The first kappa shape index (κ1) is 17.9. The van der Waals surface area contributed by atoms with Gasteiger partial charge in [0.25, 0.3) is 5.91 Å². The van der Waals surface area contributed by atoms with Crippen LogP contribution in [0.5, 0.6) is 0 Å². The third-order valence-corrected chi connectivity index (χ3v) is 4.32. The predicted molar refractivity (Wildman–Crippen MR) is 104 cm³/mol. The van der Waals surface area contributed by atoms with Crippen LogP contribution >= 0.6 is 0 Å². The van der Waals surface area contributed by atoms with Gasteiger partial charge in [-0.25, -0.2) is 0 Å². The number of carbonyl (C=O) groups excluding carboxylic acids is 1. The van der Waals surface area contributed by atoms with E-state index in [0.717, 1.165) is 22.3 Å². The molecule has 0 spiro atoms. The van der Waals surface area contributed by atoms with E-state index in [2.05, 4.69) is 5.32 Å². The standard InChI is InChI=1S/C23H23NO2/c1-18-9-5-8-14-22(18)23(25)24-15-20-12-6-7-13-21(20)17-26-16-19-10-3-2-4-11-19/h2-14H,15-17H2,1H3,(H,24,25). The third-order valence-electron chi connectivity index (χ3n) is 4.32. The quantitative estimate of drug-likeness (QED) is 0.677. The Bertz CT molecular complexity index is 859. The van der Waals surface area contributed by atoms with Crippen LogP contribution in [0.1, 0.15) is 32.6 Å². The molecule has 0 heterocycles. The molecule has 0 radical (unpaired) electrons. The van der Waals surface area contributed by atoms with Crippen LogP contribution < -0.4 is 5.32 Å². The van der Waals surface area contributed by atoms with E-state index < -0.39 is 0 Å². The van der Waals surface area contributed by atoms with Crippen LogP contribution in [0.4, 0.5) is 0 Å². The number of rotatable bonds is 7. The van der Waals surface area contributed by atoms with E-state index in [-0.39, 0.29) is 5.91 Å². The molecule has 3 heteroatoms. The average molecular weight is 345 g/mol. The number of carbonyl (C=O) groups is 1. The summed E-state index contributed by atoms with van der Waals surface area (Å²) in [5.74, 6) is -0.0527. The van der Waals surface area contributed by atoms with Gasteiger partial charge in [-0.3, -0.25) is 4.79 Å². The van der Waals surface area contributed by atoms with Crippen molar-refractivity contribution >= 4 is 5.91 Å². The van der Waals surface area contributed by atoms with Crippen molar-refractivity contribution in [2.75, 3.05) is 0 Å². The van der Waals surface area contributed by atoms with E-state index >= 15 is 0 Å². The maximum atomic E-state index is 12.4. The van der Waals surface area contributed by atoms with E-state index in [0.29, 0.717) is 25.3 Å². The molecule has 0 atom stereocenters. The van der Waals surface area contributed by atoms with Gasteiger partial charge >= 0.3 is 0 Å². The minimum atomic E-state index is -0.0527. The summed E-state index contributed by atoms with van der Waals surface area (Å²) in [6, 6.07) is 25.8. The SMILES string of the molecule is Cc1ccccc1C(=O)NCc1ccccc1COCc1ccccc1. The molecule has 0 saturated heterocycles. The van der Waals surface area contributed by atoms with Crippen molar-refractivity contribution in [3.63, 3.8) is 0 Å². The van der Waals surface area contributed by atoms with Gasteiger partial charge in [-0.05, 0) is 35.2 Å². The van der Waals surface area contributed by atoms with Crippen molar-refractivity contribution in [3.05, 3.63) is 107 Å². The second kappa shape index (κ2) is 8.97. The zero-order chi connectivity index (χ0) is 18.2. The van der Waals surface area contributed by atoms with Crippen molar-refractivity contribution in [2.45, 2.75) is 26.7 Å². The van der Waals surface area contributed by atoms with E-state index in [9.17, 15) is 4.79 Å². The Labute approximate surface area is 154 Å². The van der Waals surface area contributed by atoms with Gasteiger partial charge < -0.3 is 10.1 Å². The Morgan fingerprint density at radius 2 is 1.46 bits per heavy atom. The van der Waals surface area contributed by atoms with Gasteiger partial charge in [0, 0.05) is 12.1 Å². The lowest BCUT2D eigenvalue weighted by Gasteiger charge is -2.12. The highest BCUT2D eigenvalue weighted by Crippen LogP contribution is 2.13. The number of amides is 1. The molecule has 1 amide bonds. The van der Waals surface area contributed by atoms with Crippen molar-refractivity contribution in [3.8, 4) is 0 Å². The molecule has 132 valence electrons. The molecule has 0 fully saturated rings. The number of aryl methyl sites for hydroxylation is 1. The molecular formula is C23H23NO2. The molecule has 1 N–H and O–H groups in total. The highest BCUT2D eigenvalue weighted by molar-refractivity contribution is 5.95. The highest BCUT2D eigenvalue weighted by atomic mass is 16.5. The Hall–Kier alpha value is -2.91. The summed E-state index contributed by atoms with van der Waals surface area (Å²) in [5.41, 5.74) is 5.00. The van der Waals surface area contributed by atoms with Gasteiger partial charge in [-0.1, -0.05) is 72.8 Å². The number of ether oxygens (including phenoxy) is 1. The summed E-state index contributed by atoms with van der Waals surface area (Å²) in [4.78, 5) is 12.4. The lowest BCUT2D eigenvalue weighted by Crippen LogP contribution is -2.24. The third kappa shape index (κ3) is 4.80. The predicted octanol–water partition coefficient (Wildman–Crippen LogP) is 4.64. The molecule has 0 aromatic heterocycles. The van der Waals surface area contributed by atoms with Crippen LogP contribution in [0, 0.1) is 6.92 Å². The zero-order valence-electron chi connectivity index (χ0n) is 14.9. The molecule has 3 nitrogen and oxygen atoms in total. The maximum absolute atomic E-state index is 12.4. The molecule has 0 saturated carbocycles. The van der Waals surface area contributed by atoms with Gasteiger partial charge in [-0.2, -0.15) is 0 Å². The smallest absolute Gasteiger partial charge is 0.251 e. The van der Waals surface area contributed by atoms with Crippen LogP contribution in [0.25, 0.3) is 0 Å². The molecule has 3 aromatic carbocycles. The first-order valence-corrected chi connectivity index (χ1v) is 8.76. The Morgan fingerprint density at radius 1 is 0.808 bits per heavy atom. The van der Waals surface area contributed by atoms with E-state index in [4.69, 9.17) is 4.74 Å². The van der Waals surface area contributed by atoms with Crippen molar-refractivity contribution in [2.24, 2.45) is 0 Å². The molecule has 0 aliphatic carbocycles. The Morgan fingerprint density at radius 3 is 2.23 bits per heavy atom. The highest BCUT2D eigenvalue weighted by Gasteiger charge is 2.09. The van der Waals surface area contributed by atoms with Gasteiger partial charge in [-0.15, -0.1) is 0 Å². The van der Waals surface area contributed by atoms with Crippen LogP contribution in [0.2, 0.25) is 0 Å². The second-order valence-corrected chi connectivity index (χ2v) is 6.24. The monoisotopic (exact) mass is 345 g/mol. The first-order chi connectivity index (χ1) is 12.7. The molecule has 0 aliphatic rings. The van der Waals surface area contributed by atoms with Crippen LogP contribution in [0.15, 0.2) is 78.9 Å². The Balaban J connectivity index is 1.58. The van der Waals surface area contributed by atoms with E-state index in [1.807, 2.05) is 85.8 Å². The molecule has 0 aliphatic heterocycles. The lowest BCUT2D eigenvalue weighted by molar-refractivity contribution is 0.0947. The summed E-state index contributed by atoms with van der Waals surface area (Å²) in [5, 5.41) is 3.01. The molecule has 0 unspecified atom stereocenters. The van der Waals surface area contributed by atoms with Crippen molar-refractivity contribution in [1.82, 2.24) is 5.32 Å². The van der Waals surface area contributed by atoms with Crippen molar-refractivity contribution < 1.29 is 9.53 Å². The van der Waals surface area contributed by atoms with Gasteiger partial charge in [0.2, 0.25) is 0 Å². The van der Waals surface area contributed by atoms with Crippen LogP contribution in [-0.4, -0.2) is 5.91 Å². The maximum Gasteiger partial charge on any atom is 0.251 e. The average Bonchev–Trinajstić information content (AvgIpc) is 2.68. The molecule has 3 aromatic rings. The zero-order valence-corrected chi connectivity index (χ0v) is 14.9. The van der Waals surface area contributed by atoms with Crippen LogP contribution in [0.3, 0.4) is 0 Å². The fourth-order valence-electron chi connectivity index (χ4n) is 2.82.